The van der Waals surface area contributed by atoms with Gasteiger partial charge in [0, 0.05) is 18.1 Å². The Kier molecular flexibility index (Phi) is 6.70. The first-order valence-corrected chi connectivity index (χ1v) is 8.43. The van der Waals surface area contributed by atoms with Gasteiger partial charge in [-0.25, -0.2) is 0 Å². The van der Waals surface area contributed by atoms with Gasteiger partial charge in [-0.3, -0.25) is 0 Å². The summed E-state index contributed by atoms with van der Waals surface area (Å²) in [4.78, 5) is 1.94. The normalized spacial score (nSPS) is 10.4. The molecule has 0 saturated carbocycles. The number of rotatable bonds is 7. The Labute approximate surface area is 152 Å². The fourth-order valence-electron chi connectivity index (χ4n) is 2.43. The second kappa shape index (κ2) is 8.76. The minimum absolute atomic E-state index is 0.117. The van der Waals surface area contributed by atoms with Crippen molar-refractivity contribution >= 4 is 28.9 Å². The van der Waals surface area contributed by atoms with E-state index in [2.05, 4.69) is 0 Å². The highest BCUT2D eigenvalue weighted by atomic mass is 35.5. The second-order valence-electron chi connectivity index (χ2n) is 5.50. The number of nitrogens with two attached hydrogens (primary N) is 1. The summed E-state index contributed by atoms with van der Waals surface area (Å²) in [5.41, 5.74) is 8.05. The average molecular weight is 365 g/mol. The Hall–Kier alpha value is -1.98. The van der Waals surface area contributed by atoms with Gasteiger partial charge in [0.05, 0.1) is 7.11 Å². The van der Waals surface area contributed by atoms with Crippen LogP contribution in [0.15, 0.2) is 42.5 Å². The lowest BCUT2D eigenvalue weighted by Crippen LogP contribution is -2.35. The van der Waals surface area contributed by atoms with Crippen LogP contribution >= 0.6 is 23.8 Å². The van der Waals surface area contributed by atoms with Crippen molar-refractivity contribution in [3.05, 3.63) is 58.6 Å². The van der Waals surface area contributed by atoms with E-state index < -0.39 is 0 Å². The topological polar surface area (TPSA) is 58.7 Å². The van der Waals surface area contributed by atoms with Crippen molar-refractivity contribution in [3.63, 3.8) is 0 Å². The van der Waals surface area contributed by atoms with Crippen LogP contribution < -0.4 is 10.5 Å². The third-order valence-corrected chi connectivity index (χ3v) is 4.25. The summed E-state index contributed by atoms with van der Waals surface area (Å²) in [6.07, 6.45) is 1.85. The molecule has 0 saturated heterocycles. The van der Waals surface area contributed by atoms with Gasteiger partial charge in [-0.2, -0.15) is 0 Å². The Morgan fingerprint density at radius 2 is 1.88 bits per heavy atom. The number of hydrogen-bond donors (Lipinski definition) is 2. The molecule has 3 N–H and O–H groups in total. The van der Waals surface area contributed by atoms with Crippen LogP contribution in [0.5, 0.6) is 11.5 Å². The van der Waals surface area contributed by atoms with Gasteiger partial charge in [-0.15, -0.1) is 0 Å². The van der Waals surface area contributed by atoms with Crippen LogP contribution in [0, 0.1) is 0 Å². The molecule has 2 aromatic rings. The molecule has 0 amide bonds. The predicted molar refractivity (Wildman–Crippen MR) is 102 cm³/mol. The third kappa shape index (κ3) is 5.28. The van der Waals surface area contributed by atoms with Crippen LogP contribution in [0.3, 0.4) is 0 Å². The number of ether oxygens (including phenoxy) is 1. The van der Waals surface area contributed by atoms with Crippen LogP contribution in [0.2, 0.25) is 5.02 Å². The highest BCUT2D eigenvalue weighted by Gasteiger charge is 2.10. The molecule has 2 aromatic carbocycles. The number of phenolic OH excluding ortho intramolecular Hbond substituents is 1. The Morgan fingerprint density at radius 3 is 2.50 bits per heavy atom. The van der Waals surface area contributed by atoms with Crippen molar-refractivity contribution in [2.24, 2.45) is 5.73 Å². The fourth-order valence-corrected chi connectivity index (χ4v) is 2.71. The van der Waals surface area contributed by atoms with E-state index in [1.165, 1.54) is 12.7 Å². The molecule has 0 aliphatic heterocycles. The first-order valence-electron chi connectivity index (χ1n) is 7.64. The zero-order valence-corrected chi connectivity index (χ0v) is 15.1. The highest BCUT2D eigenvalue weighted by Crippen LogP contribution is 2.26. The van der Waals surface area contributed by atoms with E-state index in [4.69, 9.17) is 34.3 Å². The summed E-state index contributed by atoms with van der Waals surface area (Å²) in [5.74, 6) is 0.558. The van der Waals surface area contributed by atoms with E-state index in [9.17, 15) is 5.11 Å². The lowest BCUT2D eigenvalue weighted by atomic mass is 10.1. The van der Waals surface area contributed by atoms with Gasteiger partial charge in [-0.05, 0) is 60.5 Å². The molecular formula is C18H21ClN2O2S. The minimum atomic E-state index is 0.117. The summed E-state index contributed by atoms with van der Waals surface area (Å²) in [5, 5.41) is 10.8. The van der Waals surface area contributed by atoms with Gasteiger partial charge in [0.15, 0.2) is 16.6 Å². The summed E-state index contributed by atoms with van der Waals surface area (Å²) in [6, 6.07) is 13.1. The highest BCUT2D eigenvalue weighted by molar-refractivity contribution is 7.80. The molecule has 0 unspecified atom stereocenters. The van der Waals surface area contributed by atoms with Crippen molar-refractivity contribution in [3.8, 4) is 11.5 Å². The summed E-state index contributed by atoms with van der Waals surface area (Å²) >= 11 is 11.0. The Bertz CT molecular complexity index is 692. The number of nitrogens with zero attached hydrogens (tertiary/aromatic N) is 1. The number of phenols is 1. The molecule has 0 radical (unpaired) electrons. The average Bonchev–Trinajstić information content (AvgIpc) is 2.57. The van der Waals surface area contributed by atoms with Crippen molar-refractivity contribution in [2.75, 3.05) is 13.7 Å². The van der Waals surface area contributed by atoms with E-state index in [0.29, 0.717) is 17.4 Å². The smallest absolute Gasteiger partial charge is 0.166 e. The number of methoxy groups -OCH3 is 1. The molecule has 2 rings (SSSR count). The SMILES string of the molecule is COc1cc(CN(CCCc2ccc(Cl)cc2)C(N)=S)ccc1O. The van der Waals surface area contributed by atoms with Crippen LogP contribution in [0.25, 0.3) is 0 Å². The Morgan fingerprint density at radius 1 is 1.21 bits per heavy atom. The van der Waals surface area contributed by atoms with Gasteiger partial charge in [-0.1, -0.05) is 29.8 Å². The standard InChI is InChI=1S/C18H21ClN2O2S/c1-23-17-11-14(6-9-16(17)22)12-21(18(20)24)10-2-3-13-4-7-15(19)8-5-13/h4-9,11,22H,2-3,10,12H2,1H3,(H2,20,24). The number of thiocarbonyl (C=S) groups is 1. The predicted octanol–water partition coefficient (Wildman–Crippen LogP) is 3.73. The molecular weight excluding hydrogens is 344 g/mol. The largest absolute Gasteiger partial charge is 0.504 e. The van der Waals surface area contributed by atoms with E-state index in [1.807, 2.05) is 35.2 Å². The van der Waals surface area contributed by atoms with Gasteiger partial charge in [0.25, 0.3) is 0 Å². The molecule has 0 aliphatic carbocycles. The van der Waals surface area contributed by atoms with Crippen LogP contribution in [0.4, 0.5) is 0 Å². The summed E-state index contributed by atoms with van der Waals surface area (Å²) < 4.78 is 5.13. The van der Waals surface area contributed by atoms with Crippen molar-refractivity contribution in [2.45, 2.75) is 19.4 Å². The van der Waals surface area contributed by atoms with Crippen molar-refractivity contribution in [1.82, 2.24) is 4.90 Å². The molecule has 0 aromatic heterocycles. The lowest BCUT2D eigenvalue weighted by Gasteiger charge is -2.23. The maximum absolute atomic E-state index is 9.67. The number of halogens is 1. The van der Waals surface area contributed by atoms with Gasteiger partial charge >= 0.3 is 0 Å². The monoisotopic (exact) mass is 364 g/mol. The van der Waals surface area contributed by atoms with E-state index in [-0.39, 0.29) is 5.75 Å². The van der Waals surface area contributed by atoms with Crippen LogP contribution in [-0.4, -0.2) is 28.8 Å². The molecule has 0 bridgehead atoms. The maximum atomic E-state index is 9.67. The lowest BCUT2D eigenvalue weighted by molar-refractivity contribution is 0.369. The quantitative estimate of drug-likeness (QED) is 0.733. The zero-order chi connectivity index (χ0) is 17.5. The number of aryl methyl sites for hydroxylation is 1. The first kappa shape index (κ1) is 18.4. The Balaban J connectivity index is 1.94. The molecule has 0 aliphatic rings. The fraction of sp³-hybridized carbons (Fsp3) is 0.278. The van der Waals surface area contributed by atoms with Gasteiger partial charge in [0.1, 0.15) is 0 Å². The van der Waals surface area contributed by atoms with E-state index >= 15 is 0 Å². The molecule has 0 heterocycles. The summed E-state index contributed by atoms with van der Waals surface area (Å²) in [6.45, 7) is 1.33. The molecule has 24 heavy (non-hydrogen) atoms. The van der Waals surface area contributed by atoms with Crippen LogP contribution in [0.1, 0.15) is 17.5 Å². The van der Waals surface area contributed by atoms with E-state index in [0.717, 1.165) is 30.0 Å². The van der Waals surface area contributed by atoms with Gasteiger partial charge in [0.2, 0.25) is 0 Å². The van der Waals surface area contributed by atoms with Gasteiger partial charge < -0.3 is 20.5 Å². The molecule has 4 nitrogen and oxygen atoms in total. The second-order valence-corrected chi connectivity index (χ2v) is 6.35. The van der Waals surface area contributed by atoms with E-state index in [1.54, 1.807) is 12.1 Å². The molecule has 6 heteroatoms. The summed E-state index contributed by atoms with van der Waals surface area (Å²) in [7, 11) is 1.52. The first-order chi connectivity index (χ1) is 11.5. The van der Waals surface area contributed by atoms with Crippen molar-refractivity contribution in [1.29, 1.82) is 0 Å². The molecule has 128 valence electrons. The number of hydrogen-bond acceptors (Lipinski definition) is 3. The molecule has 0 fully saturated rings. The number of aromatic hydroxyl groups is 1. The third-order valence-electron chi connectivity index (χ3n) is 3.74. The minimum Gasteiger partial charge on any atom is -0.504 e. The zero-order valence-electron chi connectivity index (χ0n) is 13.5. The van der Waals surface area contributed by atoms with Crippen LogP contribution in [-0.2, 0) is 13.0 Å². The van der Waals surface area contributed by atoms with Crippen molar-refractivity contribution < 1.29 is 9.84 Å². The molecule has 0 atom stereocenters. The molecule has 0 spiro atoms. The maximum Gasteiger partial charge on any atom is 0.166 e. The number of benzene rings is 2.